The molecule has 1 spiro atoms. The third-order valence-corrected chi connectivity index (χ3v) is 8.34. The first kappa shape index (κ1) is 19.0. The van der Waals surface area contributed by atoms with E-state index in [-0.39, 0.29) is 39.7 Å². The van der Waals surface area contributed by atoms with Crippen LogP contribution < -0.4 is 0 Å². The molecule has 2 aliphatic carbocycles. The third-order valence-electron chi connectivity index (χ3n) is 8.34. The highest BCUT2D eigenvalue weighted by molar-refractivity contribution is 5.68. The summed E-state index contributed by atoms with van der Waals surface area (Å²) < 4.78 is 0. The summed E-state index contributed by atoms with van der Waals surface area (Å²) in [6.45, 7) is 10.9. The molecule has 28 heavy (non-hydrogen) atoms. The molecule has 4 atom stereocenters. The minimum Gasteiger partial charge on any atom is -0.504 e. The van der Waals surface area contributed by atoms with Crippen molar-refractivity contribution in [1.82, 2.24) is 0 Å². The quantitative estimate of drug-likeness (QED) is 0.539. The lowest BCUT2D eigenvalue weighted by Crippen LogP contribution is -2.38. The maximum atomic E-state index is 11.0. The van der Waals surface area contributed by atoms with Crippen LogP contribution in [0.3, 0.4) is 0 Å². The fraction of sp³-hybridized carbons (Fsp3) is 0.500. The summed E-state index contributed by atoms with van der Waals surface area (Å²) in [7, 11) is 0. The van der Waals surface area contributed by atoms with Crippen molar-refractivity contribution in [3.8, 4) is 23.0 Å². The Morgan fingerprint density at radius 1 is 0.857 bits per heavy atom. The number of hydrogen-bond acceptors (Lipinski definition) is 4. The molecule has 0 heterocycles. The molecule has 0 saturated carbocycles. The topological polar surface area (TPSA) is 80.9 Å². The monoisotopic (exact) mass is 382 g/mol. The Hall–Kier alpha value is -2.36. The van der Waals surface area contributed by atoms with Gasteiger partial charge in [-0.25, -0.2) is 0 Å². The van der Waals surface area contributed by atoms with Crippen molar-refractivity contribution in [2.75, 3.05) is 0 Å². The minimum atomic E-state index is -0.534. The number of phenols is 4. The van der Waals surface area contributed by atoms with Crippen LogP contribution in [0.15, 0.2) is 24.3 Å². The van der Waals surface area contributed by atoms with E-state index >= 15 is 0 Å². The molecule has 4 nitrogen and oxygen atoms in total. The number of fused-ring (bicyclic) bond motifs is 4. The Morgan fingerprint density at radius 2 is 1.46 bits per heavy atom. The van der Waals surface area contributed by atoms with Gasteiger partial charge in [-0.05, 0) is 70.9 Å². The van der Waals surface area contributed by atoms with Crippen molar-refractivity contribution in [2.24, 2.45) is 5.92 Å². The maximum Gasteiger partial charge on any atom is 0.161 e. The minimum absolute atomic E-state index is 0.0552. The molecular formula is C24H30O4. The van der Waals surface area contributed by atoms with Crippen LogP contribution in [-0.4, -0.2) is 20.4 Å². The van der Waals surface area contributed by atoms with Crippen LogP contribution in [-0.2, 0) is 16.2 Å². The van der Waals surface area contributed by atoms with E-state index in [1.165, 1.54) is 0 Å². The van der Waals surface area contributed by atoms with Crippen molar-refractivity contribution in [2.45, 2.75) is 70.1 Å². The lowest BCUT2D eigenvalue weighted by atomic mass is 9.63. The van der Waals surface area contributed by atoms with Gasteiger partial charge in [0.2, 0.25) is 0 Å². The van der Waals surface area contributed by atoms with Gasteiger partial charge in [0, 0.05) is 11.0 Å². The molecule has 150 valence electrons. The van der Waals surface area contributed by atoms with E-state index in [9.17, 15) is 20.4 Å². The summed E-state index contributed by atoms with van der Waals surface area (Å²) in [5.74, 6) is -0.307. The average Bonchev–Trinajstić information content (AvgIpc) is 3.04. The van der Waals surface area contributed by atoms with Crippen molar-refractivity contribution < 1.29 is 20.4 Å². The van der Waals surface area contributed by atoms with Crippen molar-refractivity contribution in [1.29, 1.82) is 0 Å². The van der Waals surface area contributed by atoms with Gasteiger partial charge in [0.15, 0.2) is 23.0 Å². The molecular weight excluding hydrogens is 352 g/mol. The van der Waals surface area contributed by atoms with E-state index < -0.39 is 5.41 Å². The second kappa shape index (κ2) is 5.59. The van der Waals surface area contributed by atoms with E-state index in [1.54, 1.807) is 18.2 Å². The molecule has 4 rings (SSSR count). The van der Waals surface area contributed by atoms with E-state index in [4.69, 9.17) is 0 Å². The molecule has 4 unspecified atom stereocenters. The number of rotatable bonds is 2. The molecule has 0 fully saturated rings. The summed E-state index contributed by atoms with van der Waals surface area (Å²) in [5, 5.41) is 42.0. The van der Waals surface area contributed by atoms with Gasteiger partial charge in [-0.1, -0.05) is 40.7 Å². The molecule has 2 aliphatic rings. The standard InChI is InChI=1S/C24H30O4/c1-6-22(4)12-24(20-14(22)8-9-17(25)21(20)28)13(3)23(5,7-2)15-10-18(26)19(27)11-16(15)24/h8-11,13,25-28H,6-7,12H2,1-5H3. The summed E-state index contributed by atoms with van der Waals surface area (Å²) in [6.07, 6.45) is 2.56. The van der Waals surface area contributed by atoms with Crippen LogP contribution in [0, 0.1) is 5.92 Å². The lowest BCUT2D eigenvalue weighted by Gasteiger charge is -2.39. The number of aromatic hydroxyl groups is 4. The highest BCUT2D eigenvalue weighted by Gasteiger charge is 2.63. The van der Waals surface area contributed by atoms with E-state index in [0.29, 0.717) is 0 Å². The van der Waals surface area contributed by atoms with Gasteiger partial charge in [0.1, 0.15) is 0 Å². The number of hydrogen-bond donors (Lipinski definition) is 4. The van der Waals surface area contributed by atoms with Gasteiger partial charge in [-0.2, -0.15) is 0 Å². The highest BCUT2D eigenvalue weighted by atomic mass is 16.3. The summed E-state index contributed by atoms with van der Waals surface area (Å²) >= 11 is 0. The zero-order valence-corrected chi connectivity index (χ0v) is 17.3. The van der Waals surface area contributed by atoms with Crippen molar-refractivity contribution in [3.63, 3.8) is 0 Å². The van der Waals surface area contributed by atoms with Crippen LogP contribution in [0.4, 0.5) is 0 Å². The van der Waals surface area contributed by atoms with Gasteiger partial charge in [0.05, 0.1) is 0 Å². The van der Waals surface area contributed by atoms with Crippen LogP contribution >= 0.6 is 0 Å². The smallest absolute Gasteiger partial charge is 0.161 e. The van der Waals surface area contributed by atoms with E-state index in [0.717, 1.165) is 41.5 Å². The van der Waals surface area contributed by atoms with Gasteiger partial charge >= 0.3 is 0 Å². The Balaban J connectivity index is 2.16. The van der Waals surface area contributed by atoms with Crippen LogP contribution in [0.1, 0.15) is 76.1 Å². The molecule has 4 heteroatoms. The third kappa shape index (κ3) is 1.96. The van der Waals surface area contributed by atoms with E-state index in [2.05, 4.69) is 34.6 Å². The molecule has 0 radical (unpaired) electrons. The molecule has 2 aromatic carbocycles. The van der Waals surface area contributed by atoms with E-state index in [1.807, 2.05) is 6.07 Å². The SMILES string of the molecule is CCC1(C)CC2(c3cc(O)c(O)cc3C(C)(CC)C2C)c2c1ccc(O)c2O. The fourth-order valence-corrected chi connectivity index (χ4v) is 6.17. The first-order chi connectivity index (χ1) is 13.1. The first-order valence-electron chi connectivity index (χ1n) is 10.2. The predicted octanol–water partition coefficient (Wildman–Crippen LogP) is 5.18. The first-order valence-corrected chi connectivity index (χ1v) is 10.2. The molecule has 0 amide bonds. The fourth-order valence-electron chi connectivity index (χ4n) is 6.17. The van der Waals surface area contributed by atoms with Crippen LogP contribution in [0.5, 0.6) is 23.0 Å². The van der Waals surface area contributed by atoms with Crippen LogP contribution in [0.25, 0.3) is 0 Å². The molecule has 2 aromatic rings. The molecule has 0 saturated heterocycles. The maximum absolute atomic E-state index is 11.0. The average molecular weight is 383 g/mol. The zero-order valence-electron chi connectivity index (χ0n) is 17.3. The highest BCUT2D eigenvalue weighted by Crippen LogP contribution is 2.69. The zero-order chi connectivity index (χ0) is 20.6. The summed E-state index contributed by atoms with van der Waals surface area (Å²) in [4.78, 5) is 0. The molecule has 0 aliphatic heterocycles. The Morgan fingerprint density at radius 3 is 2.04 bits per heavy atom. The Kier molecular flexibility index (Phi) is 3.79. The largest absolute Gasteiger partial charge is 0.504 e. The lowest BCUT2D eigenvalue weighted by molar-refractivity contribution is 0.213. The molecule has 4 N–H and O–H groups in total. The van der Waals surface area contributed by atoms with Gasteiger partial charge in [0.25, 0.3) is 0 Å². The van der Waals surface area contributed by atoms with Crippen molar-refractivity contribution in [3.05, 3.63) is 46.5 Å². The Labute approximate surface area is 166 Å². The second-order valence-corrected chi connectivity index (χ2v) is 9.30. The summed E-state index contributed by atoms with van der Waals surface area (Å²) in [6, 6.07) is 6.89. The normalized spacial score (nSPS) is 33.2. The number of phenolic OH excluding ortho intramolecular Hbond substituents is 4. The van der Waals surface area contributed by atoms with Gasteiger partial charge in [-0.3, -0.25) is 0 Å². The molecule has 0 bridgehead atoms. The number of benzene rings is 2. The Bertz CT molecular complexity index is 981. The van der Waals surface area contributed by atoms with Crippen LogP contribution in [0.2, 0.25) is 0 Å². The van der Waals surface area contributed by atoms with Gasteiger partial charge in [-0.15, -0.1) is 0 Å². The predicted molar refractivity (Wildman–Crippen MR) is 109 cm³/mol. The van der Waals surface area contributed by atoms with Crippen molar-refractivity contribution >= 4 is 0 Å². The molecule has 0 aromatic heterocycles. The second-order valence-electron chi connectivity index (χ2n) is 9.30. The van der Waals surface area contributed by atoms with Gasteiger partial charge < -0.3 is 20.4 Å². The summed E-state index contributed by atoms with van der Waals surface area (Å²) in [5.41, 5.74) is 2.91.